The Hall–Kier alpha value is -2.78. The molecule has 9 heteroatoms. The van der Waals surface area contributed by atoms with Crippen LogP contribution in [0.2, 0.25) is 0 Å². The second-order valence-corrected chi connectivity index (χ2v) is 11.4. The molecule has 2 atom stereocenters. The molecule has 0 spiro atoms. The summed E-state index contributed by atoms with van der Waals surface area (Å²) in [5.74, 6) is 2.50. The predicted molar refractivity (Wildman–Crippen MR) is 148 cm³/mol. The lowest BCUT2D eigenvalue weighted by Gasteiger charge is -2.26. The number of carbonyl (C=O) groups excluding carboxylic acids is 2. The van der Waals surface area contributed by atoms with E-state index in [9.17, 15) is 9.59 Å². The summed E-state index contributed by atoms with van der Waals surface area (Å²) in [6.07, 6.45) is 6.71. The topological polar surface area (TPSA) is 98.8 Å². The second kappa shape index (κ2) is 16.5. The minimum absolute atomic E-state index is 0.126. The Morgan fingerprint density at radius 1 is 0.875 bits per heavy atom. The molecular formula is C31H46O9. The molecule has 224 valence electrons. The van der Waals surface area contributed by atoms with E-state index in [2.05, 4.69) is 19.1 Å². The van der Waals surface area contributed by atoms with Gasteiger partial charge in [-0.1, -0.05) is 71.7 Å². The minimum Gasteiger partial charge on any atom is -0.490 e. The van der Waals surface area contributed by atoms with Crippen LogP contribution in [0.1, 0.15) is 85.0 Å². The van der Waals surface area contributed by atoms with Gasteiger partial charge in [0.05, 0.1) is 13.2 Å². The maximum atomic E-state index is 12.1. The number of hydrogen-bond acceptors (Lipinski definition) is 9. The summed E-state index contributed by atoms with van der Waals surface area (Å²) in [6.45, 7) is 10.7. The van der Waals surface area contributed by atoms with E-state index in [1.807, 2.05) is 39.8 Å². The molecule has 0 amide bonds. The van der Waals surface area contributed by atoms with Crippen molar-refractivity contribution in [2.45, 2.75) is 92.0 Å². The Labute approximate surface area is 238 Å². The van der Waals surface area contributed by atoms with Gasteiger partial charge in [0.2, 0.25) is 0 Å². The molecule has 1 aliphatic heterocycles. The van der Waals surface area contributed by atoms with Crippen molar-refractivity contribution >= 4 is 12.3 Å². The second-order valence-electron chi connectivity index (χ2n) is 11.4. The van der Waals surface area contributed by atoms with Crippen LogP contribution in [0.5, 0.6) is 5.75 Å². The lowest BCUT2D eigenvalue weighted by molar-refractivity contribution is -0.160. The van der Waals surface area contributed by atoms with Gasteiger partial charge in [-0.15, -0.1) is 0 Å². The number of ether oxygens (including phenoxy) is 7. The lowest BCUT2D eigenvalue weighted by atomic mass is 9.80. The highest BCUT2D eigenvalue weighted by molar-refractivity contribution is 5.61. The SMILES string of the molecule is CCC[C@H]1CC[C@H](/C=C/COc2ccc(C3O[C@H](OC(=O)OCC(C)C)[C@@H](OC(=O)OCC(C)C)O3)cc2)CC1. The van der Waals surface area contributed by atoms with Gasteiger partial charge >= 0.3 is 12.3 Å². The molecule has 1 saturated carbocycles. The fourth-order valence-electron chi connectivity index (χ4n) is 4.65. The summed E-state index contributed by atoms with van der Waals surface area (Å²) in [5.41, 5.74) is 0.637. The van der Waals surface area contributed by atoms with Crippen molar-refractivity contribution < 1.29 is 42.7 Å². The molecule has 1 saturated heterocycles. The molecule has 1 aromatic carbocycles. The van der Waals surface area contributed by atoms with E-state index >= 15 is 0 Å². The zero-order chi connectivity index (χ0) is 28.9. The molecule has 0 radical (unpaired) electrons. The summed E-state index contributed by atoms with van der Waals surface area (Å²) >= 11 is 0. The quantitative estimate of drug-likeness (QED) is 0.178. The van der Waals surface area contributed by atoms with Gasteiger partial charge in [0.15, 0.2) is 6.29 Å². The van der Waals surface area contributed by atoms with Gasteiger partial charge in [-0.3, -0.25) is 0 Å². The normalized spacial score (nSPS) is 23.5. The molecule has 2 aliphatic rings. The molecule has 1 heterocycles. The van der Waals surface area contributed by atoms with E-state index in [-0.39, 0.29) is 25.0 Å². The summed E-state index contributed by atoms with van der Waals surface area (Å²) in [5, 5.41) is 0. The molecular weight excluding hydrogens is 516 g/mol. The van der Waals surface area contributed by atoms with Crippen LogP contribution in [0.25, 0.3) is 0 Å². The van der Waals surface area contributed by atoms with Crippen molar-refractivity contribution in [2.75, 3.05) is 19.8 Å². The predicted octanol–water partition coefficient (Wildman–Crippen LogP) is 7.54. The molecule has 0 N–H and O–H groups in total. The number of hydrogen-bond donors (Lipinski definition) is 0. The van der Waals surface area contributed by atoms with Crippen molar-refractivity contribution in [3.8, 4) is 5.75 Å². The largest absolute Gasteiger partial charge is 0.510 e. The average Bonchev–Trinajstić information content (AvgIpc) is 3.31. The first-order chi connectivity index (χ1) is 19.2. The van der Waals surface area contributed by atoms with Crippen LogP contribution in [0.4, 0.5) is 9.59 Å². The number of benzene rings is 1. The van der Waals surface area contributed by atoms with Crippen molar-refractivity contribution in [3.63, 3.8) is 0 Å². The molecule has 0 aromatic heterocycles. The van der Waals surface area contributed by atoms with Crippen molar-refractivity contribution in [1.29, 1.82) is 0 Å². The molecule has 1 aliphatic carbocycles. The van der Waals surface area contributed by atoms with Gasteiger partial charge in [-0.2, -0.15) is 0 Å². The highest BCUT2D eigenvalue weighted by Crippen LogP contribution is 2.34. The highest BCUT2D eigenvalue weighted by atomic mass is 16.9. The fraction of sp³-hybridized carbons (Fsp3) is 0.677. The molecule has 3 rings (SSSR count). The Balaban J connectivity index is 1.51. The Morgan fingerprint density at radius 3 is 1.93 bits per heavy atom. The summed E-state index contributed by atoms with van der Waals surface area (Å²) < 4.78 is 38.0. The fourth-order valence-corrected chi connectivity index (χ4v) is 4.65. The maximum Gasteiger partial charge on any atom is 0.510 e. The van der Waals surface area contributed by atoms with Crippen LogP contribution in [0.15, 0.2) is 36.4 Å². The van der Waals surface area contributed by atoms with Crippen LogP contribution in [-0.4, -0.2) is 44.7 Å². The minimum atomic E-state index is -1.32. The Bertz CT molecular complexity index is 885. The van der Waals surface area contributed by atoms with Crippen molar-refractivity contribution in [2.24, 2.45) is 23.7 Å². The van der Waals surface area contributed by atoms with Crippen molar-refractivity contribution in [3.05, 3.63) is 42.0 Å². The standard InChI is InChI=1S/C31H46O9/c1-6-8-23-10-12-24(13-11-23)9-7-18-34-26-16-14-25(15-17-26)27-37-28(39-30(32)35-19-21(2)3)29(38-27)40-31(33)36-20-22(4)5/h7,9,14-17,21-24,27-29H,6,8,10-13,18-20H2,1-5H3/b9-7+/t23-,24-,28-,29-/m1/s1. The third kappa shape index (κ3) is 11.0. The van der Waals surface area contributed by atoms with Crippen LogP contribution in [0.3, 0.4) is 0 Å². The van der Waals surface area contributed by atoms with Gasteiger partial charge in [-0.05, 0) is 61.5 Å². The number of carbonyl (C=O) groups is 2. The van der Waals surface area contributed by atoms with E-state index in [4.69, 9.17) is 33.2 Å². The van der Waals surface area contributed by atoms with Crippen LogP contribution in [0, 0.1) is 23.7 Å². The summed E-state index contributed by atoms with van der Waals surface area (Å²) in [4.78, 5) is 24.3. The molecule has 0 unspecified atom stereocenters. The van der Waals surface area contributed by atoms with Crippen LogP contribution in [-0.2, 0) is 28.4 Å². The van der Waals surface area contributed by atoms with Gasteiger partial charge in [0.25, 0.3) is 12.6 Å². The Morgan fingerprint density at radius 2 is 1.43 bits per heavy atom. The average molecular weight is 563 g/mol. The van der Waals surface area contributed by atoms with Crippen LogP contribution >= 0.6 is 0 Å². The third-order valence-corrected chi connectivity index (χ3v) is 6.73. The molecule has 2 fully saturated rings. The maximum absolute atomic E-state index is 12.1. The smallest absolute Gasteiger partial charge is 0.490 e. The van der Waals surface area contributed by atoms with Gasteiger partial charge in [0.1, 0.15) is 12.4 Å². The zero-order valence-corrected chi connectivity index (χ0v) is 24.5. The highest BCUT2D eigenvalue weighted by Gasteiger charge is 2.43. The summed E-state index contributed by atoms with van der Waals surface area (Å²) in [6, 6.07) is 7.19. The van der Waals surface area contributed by atoms with E-state index in [1.165, 1.54) is 38.5 Å². The molecule has 1 aromatic rings. The third-order valence-electron chi connectivity index (χ3n) is 6.73. The van der Waals surface area contributed by atoms with Crippen molar-refractivity contribution in [1.82, 2.24) is 0 Å². The first-order valence-electron chi connectivity index (χ1n) is 14.6. The van der Waals surface area contributed by atoms with Crippen LogP contribution < -0.4 is 4.74 Å². The monoisotopic (exact) mass is 562 g/mol. The van der Waals surface area contributed by atoms with E-state index < -0.39 is 31.2 Å². The Kier molecular flexibility index (Phi) is 13.1. The zero-order valence-electron chi connectivity index (χ0n) is 24.5. The van der Waals surface area contributed by atoms with E-state index in [1.54, 1.807) is 12.1 Å². The molecule has 0 bridgehead atoms. The number of allylic oxidation sites excluding steroid dienone is 1. The summed E-state index contributed by atoms with van der Waals surface area (Å²) in [7, 11) is 0. The van der Waals surface area contributed by atoms with Gasteiger partial charge in [0, 0.05) is 5.56 Å². The first-order valence-corrected chi connectivity index (χ1v) is 14.6. The molecule has 40 heavy (non-hydrogen) atoms. The number of rotatable bonds is 13. The van der Waals surface area contributed by atoms with Gasteiger partial charge < -0.3 is 33.2 Å². The van der Waals surface area contributed by atoms with E-state index in [0.717, 1.165) is 5.92 Å². The lowest BCUT2D eigenvalue weighted by Crippen LogP contribution is -2.33. The van der Waals surface area contributed by atoms with E-state index in [0.29, 0.717) is 23.8 Å². The molecule has 9 nitrogen and oxygen atoms in total. The first kappa shape index (κ1) is 31.7. The van der Waals surface area contributed by atoms with Gasteiger partial charge in [-0.25, -0.2) is 9.59 Å².